The van der Waals surface area contributed by atoms with Crippen LogP contribution in [0.1, 0.15) is 34.8 Å². The van der Waals surface area contributed by atoms with Crippen molar-refractivity contribution in [2.75, 3.05) is 0 Å². The normalized spacial score (nSPS) is 20.9. The van der Waals surface area contributed by atoms with E-state index in [0.717, 1.165) is 4.90 Å². The monoisotopic (exact) mass is 422 g/mol. The lowest BCUT2D eigenvalue weighted by Crippen LogP contribution is -2.45. The first-order valence-corrected chi connectivity index (χ1v) is 10.7. The molecule has 3 aromatic rings. The Kier molecular flexibility index (Phi) is 5.74. The van der Waals surface area contributed by atoms with Crippen LogP contribution in [0.15, 0.2) is 81.3 Å². The lowest BCUT2D eigenvalue weighted by Gasteiger charge is -2.17. The van der Waals surface area contributed by atoms with E-state index in [9.17, 15) is 19.5 Å². The number of benzene rings is 2. The zero-order valence-corrected chi connectivity index (χ0v) is 17.3. The quantitative estimate of drug-likeness (QED) is 0.699. The number of aliphatic hydroxyl groups is 1. The maximum atomic E-state index is 13.1. The van der Waals surface area contributed by atoms with Gasteiger partial charge < -0.3 is 5.11 Å². The average Bonchev–Trinajstić information content (AvgIpc) is 3.12. The molecule has 154 valence electrons. The summed E-state index contributed by atoms with van der Waals surface area (Å²) in [6.45, 7) is 1.59. The van der Waals surface area contributed by atoms with Gasteiger partial charge in [-0.2, -0.15) is 4.57 Å². The van der Waals surface area contributed by atoms with E-state index >= 15 is 0 Å². The summed E-state index contributed by atoms with van der Waals surface area (Å²) in [5.74, 6) is -0.642. The molecular formula is C23H22N2O4S. The number of hydrogen-bond donors (Lipinski definition) is 1. The lowest BCUT2D eigenvalue weighted by molar-refractivity contribution is 0.0947. The van der Waals surface area contributed by atoms with Gasteiger partial charge in [0.15, 0.2) is 0 Å². The van der Waals surface area contributed by atoms with Crippen molar-refractivity contribution in [2.45, 2.75) is 42.1 Å². The molecule has 1 aliphatic carbocycles. The fourth-order valence-electron chi connectivity index (χ4n) is 3.83. The third-order valence-electron chi connectivity index (χ3n) is 5.38. The van der Waals surface area contributed by atoms with Gasteiger partial charge in [0, 0.05) is 33.5 Å². The van der Waals surface area contributed by atoms with Crippen LogP contribution in [0.25, 0.3) is 0 Å². The molecule has 2 aromatic carbocycles. The van der Waals surface area contributed by atoms with Crippen molar-refractivity contribution in [1.29, 1.82) is 0 Å². The van der Waals surface area contributed by atoms with E-state index in [1.54, 1.807) is 49.0 Å². The molecule has 1 fully saturated rings. The molecule has 6 nitrogen and oxygen atoms in total. The molecule has 1 saturated carbocycles. The van der Waals surface area contributed by atoms with Crippen molar-refractivity contribution in [3.05, 3.63) is 98.8 Å². The van der Waals surface area contributed by atoms with Crippen molar-refractivity contribution in [2.24, 2.45) is 0 Å². The van der Waals surface area contributed by atoms with Gasteiger partial charge in [-0.05, 0) is 44.0 Å². The second kappa shape index (κ2) is 8.45. The summed E-state index contributed by atoms with van der Waals surface area (Å²) in [4.78, 5) is 39.7. The number of carbonyl (C=O) groups excluding carboxylic acids is 1. The minimum atomic E-state index is -0.665. The number of aromatic nitrogens is 2. The Morgan fingerprint density at radius 3 is 2.30 bits per heavy atom. The minimum absolute atomic E-state index is 0.0743. The maximum absolute atomic E-state index is 13.1. The highest BCUT2D eigenvalue weighted by Gasteiger charge is 2.36. The third-order valence-corrected chi connectivity index (χ3v) is 6.73. The van der Waals surface area contributed by atoms with Crippen LogP contribution in [0.5, 0.6) is 0 Å². The molecule has 1 N–H and O–H groups in total. The number of aryl methyl sites for hydroxylation is 1. The number of thioether (sulfide) groups is 1. The number of nitrogens with zero attached hydrogens (tertiary/aromatic N) is 2. The van der Waals surface area contributed by atoms with Crippen LogP contribution in [0.3, 0.4) is 0 Å². The molecule has 7 heteroatoms. The van der Waals surface area contributed by atoms with E-state index in [-0.39, 0.29) is 16.9 Å². The van der Waals surface area contributed by atoms with E-state index < -0.39 is 23.3 Å². The van der Waals surface area contributed by atoms with Crippen LogP contribution in [0.4, 0.5) is 0 Å². The third kappa shape index (κ3) is 3.91. The molecule has 1 aromatic heterocycles. The molecule has 0 saturated heterocycles. The largest absolute Gasteiger partial charge is 0.392 e. The van der Waals surface area contributed by atoms with E-state index in [1.165, 1.54) is 10.8 Å². The fraction of sp³-hybridized carbons (Fsp3) is 0.261. The van der Waals surface area contributed by atoms with Gasteiger partial charge in [-0.3, -0.25) is 14.2 Å². The smallest absolute Gasteiger partial charge is 0.338 e. The summed E-state index contributed by atoms with van der Waals surface area (Å²) in [5.41, 5.74) is -0.689. The highest BCUT2D eigenvalue weighted by Crippen LogP contribution is 2.39. The van der Waals surface area contributed by atoms with Crippen molar-refractivity contribution < 1.29 is 9.90 Å². The first-order chi connectivity index (χ1) is 14.5. The van der Waals surface area contributed by atoms with E-state index in [1.807, 2.05) is 30.3 Å². The topological polar surface area (TPSA) is 81.3 Å². The molecule has 0 radical (unpaired) electrons. The van der Waals surface area contributed by atoms with Gasteiger partial charge in [-0.1, -0.05) is 36.4 Å². The van der Waals surface area contributed by atoms with Crippen LogP contribution in [-0.2, 0) is 0 Å². The van der Waals surface area contributed by atoms with Crippen molar-refractivity contribution in [3.8, 4) is 0 Å². The Bertz CT molecular complexity index is 1170. The Balaban J connectivity index is 1.67. The Morgan fingerprint density at radius 2 is 1.63 bits per heavy atom. The standard InChI is InChI=1S/C23H22N2O4S/c1-15-14-24(17-12-19(26)20(13-17)30-18-10-6-3-7-11-18)23(29)25(21(15)27)22(28)16-8-4-2-5-9-16/h2-11,14,17,19-20,26H,12-13H2,1H3/t17-,19+,20+/m1/s1. The second-order valence-electron chi connectivity index (χ2n) is 7.48. The fourth-order valence-corrected chi connectivity index (χ4v) is 5.08. The summed E-state index contributed by atoms with van der Waals surface area (Å²) in [7, 11) is 0. The molecule has 0 aliphatic heterocycles. The molecule has 0 unspecified atom stereocenters. The van der Waals surface area contributed by atoms with Gasteiger partial charge in [0.25, 0.3) is 11.5 Å². The Labute approximate surface area is 177 Å². The summed E-state index contributed by atoms with van der Waals surface area (Å²) in [6, 6.07) is 17.8. The SMILES string of the molecule is Cc1cn([C@H]2C[C@H](Sc3ccccc3)[C@@H](O)C2)c(=O)n(C(=O)c2ccccc2)c1=O. The molecular weight excluding hydrogens is 400 g/mol. The van der Waals surface area contributed by atoms with Gasteiger partial charge in [-0.25, -0.2) is 4.79 Å². The second-order valence-corrected chi connectivity index (χ2v) is 8.79. The summed E-state index contributed by atoms with van der Waals surface area (Å²) in [5, 5.41) is 10.5. The van der Waals surface area contributed by atoms with Crippen LogP contribution in [0, 0.1) is 6.92 Å². The van der Waals surface area contributed by atoms with Gasteiger partial charge in [-0.15, -0.1) is 11.8 Å². The van der Waals surface area contributed by atoms with Gasteiger partial charge >= 0.3 is 5.69 Å². The van der Waals surface area contributed by atoms with Crippen molar-refractivity contribution in [3.63, 3.8) is 0 Å². The molecule has 0 spiro atoms. The predicted molar refractivity (Wildman–Crippen MR) is 116 cm³/mol. The maximum Gasteiger partial charge on any atom is 0.338 e. The number of rotatable bonds is 4. The molecule has 0 amide bonds. The zero-order chi connectivity index (χ0) is 21.3. The van der Waals surface area contributed by atoms with Crippen LogP contribution in [-0.4, -0.2) is 31.5 Å². The highest BCUT2D eigenvalue weighted by molar-refractivity contribution is 8.00. The van der Waals surface area contributed by atoms with Crippen LogP contribution < -0.4 is 11.2 Å². The molecule has 3 atom stereocenters. The van der Waals surface area contributed by atoms with Gasteiger partial charge in [0.2, 0.25) is 0 Å². The first kappa shape index (κ1) is 20.4. The van der Waals surface area contributed by atoms with Gasteiger partial charge in [0.1, 0.15) is 0 Å². The zero-order valence-electron chi connectivity index (χ0n) is 16.5. The number of aliphatic hydroxyl groups excluding tert-OH is 1. The predicted octanol–water partition coefficient (Wildman–Crippen LogP) is 2.86. The Hall–Kier alpha value is -2.90. The van der Waals surface area contributed by atoms with Crippen LogP contribution >= 0.6 is 11.8 Å². The summed E-state index contributed by atoms with van der Waals surface area (Å²) in [6.07, 6.45) is 1.88. The van der Waals surface area contributed by atoms with Crippen LogP contribution in [0.2, 0.25) is 0 Å². The molecule has 1 aliphatic rings. The van der Waals surface area contributed by atoms with E-state index in [4.69, 9.17) is 0 Å². The lowest BCUT2D eigenvalue weighted by atomic mass is 10.2. The Morgan fingerprint density at radius 1 is 1.00 bits per heavy atom. The number of hydrogen-bond acceptors (Lipinski definition) is 5. The molecule has 1 heterocycles. The van der Waals surface area contributed by atoms with Crippen molar-refractivity contribution >= 4 is 17.7 Å². The summed E-state index contributed by atoms with van der Waals surface area (Å²) >= 11 is 1.58. The number of carbonyl (C=O) groups is 1. The van der Waals surface area contributed by atoms with E-state index in [2.05, 4.69) is 0 Å². The minimum Gasteiger partial charge on any atom is -0.392 e. The van der Waals surface area contributed by atoms with Gasteiger partial charge in [0.05, 0.1) is 6.10 Å². The molecule has 30 heavy (non-hydrogen) atoms. The molecule has 4 rings (SSSR count). The van der Waals surface area contributed by atoms with E-state index in [0.29, 0.717) is 23.0 Å². The summed E-state index contributed by atoms with van der Waals surface area (Å²) < 4.78 is 2.14. The highest BCUT2D eigenvalue weighted by atomic mass is 32.2. The first-order valence-electron chi connectivity index (χ1n) is 9.80. The average molecular weight is 423 g/mol. The molecule has 0 bridgehead atoms. The van der Waals surface area contributed by atoms with Crippen molar-refractivity contribution in [1.82, 2.24) is 9.13 Å².